The molecule has 0 fully saturated rings. The molecule has 0 amide bonds. The highest BCUT2D eigenvalue weighted by molar-refractivity contribution is 7.47. The van der Waals surface area contributed by atoms with Gasteiger partial charge in [0.2, 0.25) is 0 Å². The van der Waals surface area contributed by atoms with E-state index in [1.54, 1.807) is 0 Å². The Bertz CT molecular complexity index is 2030. The summed E-state index contributed by atoms with van der Waals surface area (Å²) in [4.78, 5) is 73.3. The average Bonchev–Trinajstić information content (AvgIpc) is 0.907. The zero-order valence-electron chi connectivity index (χ0n) is 70.3. The summed E-state index contributed by atoms with van der Waals surface area (Å²) >= 11 is 0. The van der Waals surface area contributed by atoms with E-state index < -0.39 is 97.5 Å². The Balaban J connectivity index is 5.22. The third kappa shape index (κ3) is 81.9. The second kappa shape index (κ2) is 80.7. The van der Waals surface area contributed by atoms with E-state index in [9.17, 15) is 43.2 Å². The van der Waals surface area contributed by atoms with Gasteiger partial charge < -0.3 is 33.8 Å². The Kier molecular flexibility index (Phi) is 79.2. The summed E-state index contributed by atoms with van der Waals surface area (Å²) in [6, 6.07) is 0. The number of phosphoric ester groups is 2. The number of carbonyl (C=O) groups is 4. The lowest BCUT2D eigenvalue weighted by atomic mass is 10.0. The van der Waals surface area contributed by atoms with Crippen molar-refractivity contribution in [2.24, 2.45) is 5.92 Å². The van der Waals surface area contributed by atoms with Gasteiger partial charge in [-0.15, -0.1) is 0 Å². The third-order valence-electron chi connectivity index (χ3n) is 20.8. The van der Waals surface area contributed by atoms with E-state index in [0.29, 0.717) is 25.7 Å². The Morgan fingerprint density at radius 3 is 0.636 bits per heavy atom. The fourth-order valence-electron chi connectivity index (χ4n) is 13.8. The van der Waals surface area contributed by atoms with Gasteiger partial charge in [-0.25, -0.2) is 9.13 Å². The van der Waals surface area contributed by atoms with E-state index in [1.165, 1.54) is 302 Å². The first-order chi connectivity index (χ1) is 52.0. The van der Waals surface area contributed by atoms with Gasteiger partial charge in [0.1, 0.15) is 19.3 Å². The minimum atomic E-state index is -4.97. The molecule has 2 unspecified atom stereocenters. The fourth-order valence-corrected chi connectivity index (χ4v) is 15.4. The molecule has 107 heavy (non-hydrogen) atoms. The van der Waals surface area contributed by atoms with E-state index in [-0.39, 0.29) is 25.7 Å². The van der Waals surface area contributed by atoms with Crippen molar-refractivity contribution in [3.63, 3.8) is 0 Å². The molecule has 0 bridgehead atoms. The van der Waals surface area contributed by atoms with E-state index in [2.05, 4.69) is 34.6 Å². The molecule has 0 heterocycles. The van der Waals surface area contributed by atoms with Crippen LogP contribution in [-0.4, -0.2) is 96.7 Å². The van der Waals surface area contributed by atoms with Gasteiger partial charge in [0, 0.05) is 25.7 Å². The molecular formula is C88H172O17P2. The number of esters is 4. The minimum absolute atomic E-state index is 0.109. The van der Waals surface area contributed by atoms with Crippen molar-refractivity contribution in [3.05, 3.63) is 0 Å². The molecule has 0 aliphatic rings. The van der Waals surface area contributed by atoms with Crippen LogP contribution in [0.5, 0.6) is 0 Å². The number of carbonyl (C=O) groups excluding carboxylic acids is 4. The third-order valence-corrected chi connectivity index (χ3v) is 22.7. The predicted molar refractivity (Wildman–Crippen MR) is 442 cm³/mol. The Morgan fingerprint density at radius 2 is 0.430 bits per heavy atom. The number of hydrogen-bond acceptors (Lipinski definition) is 15. The first kappa shape index (κ1) is 105. The average molecular weight is 1560 g/mol. The molecular weight excluding hydrogens is 1390 g/mol. The number of phosphoric acid groups is 2. The second-order valence-electron chi connectivity index (χ2n) is 32.1. The van der Waals surface area contributed by atoms with Crippen LogP contribution in [0.15, 0.2) is 0 Å². The molecule has 0 spiro atoms. The van der Waals surface area contributed by atoms with Crippen LogP contribution in [0.2, 0.25) is 0 Å². The van der Waals surface area contributed by atoms with E-state index >= 15 is 0 Å². The molecule has 0 aliphatic carbocycles. The van der Waals surface area contributed by atoms with Crippen LogP contribution in [0, 0.1) is 5.92 Å². The molecule has 0 aromatic carbocycles. The van der Waals surface area contributed by atoms with Gasteiger partial charge in [-0.1, -0.05) is 426 Å². The van der Waals surface area contributed by atoms with Gasteiger partial charge in [-0.2, -0.15) is 0 Å². The summed E-state index contributed by atoms with van der Waals surface area (Å²) in [7, 11) is -9.93. The van der Waals surface area contributed by atoms with Crippen molar-refractivity contribution in [2.75, 3.05) is 39.6 Å². The monoisotopic (exact) mass is 1560 g/mol. The zero-order chi connectivity index (χ0) is 78.3. The van der Waals surface area contributed by atoms with Crippen LogP contribution in [0.3, 0.4) is 0 Å². The number of aliphatic hydroxyl groups is 1. The van der Waals surface area contributed by atoms with Crippen LogP contribution in [0.4, 0.5) is 0 Å². The quantitative estimate of drug-likeness (QED) is 0.0222. The van der Waals surface area contributed by atoms with Crippen molar-refractivity contribution < 1.29 is 80.2 Å². The van der Waals surface area contributed by atoms with Crippen LogP contribution < -0.4 is 0 Å². The second-order valence-corrected chi connectivity index (χ2v) is 35.0. The fraction of sp³-hybridized carbons (Fsp3) is 0.955. The van der Waals surface area contributed by atoms with Crippen LogP contribution in [0.1, 0.15) is 478 Å². The van der Waals surface area contributed by atoms with Crippen molar-refractivity contribution in [3.8, 4) is 0 Å². The summed E-state index contributed by atoms with van der Waals surface area (Å²) in [6.07, 6.45) is 75.0. The lowest BCUT2D eigenvalue weighted by molar-refractivity contribution is -0.161. The van der Waals surface area contributed by atoms with Gasteiger partial charge in [0.15, 0.2) is 12.2 Å². The molecule has 5 atom stereocenters. The highest BCUT2D eigenvalue weighted by Crippen LogP contribution is 2.45. The Morgan fingerprint density at radius 1 is 0.252 bits per heavy atom. The molecule has 17 nitrogen and oxygen atoms in total. The maximum absolute atomic E-state index is 13.2. The topological polar surface area (TPSA) is 237 Å². The van der Waals surface area contributed by atoms with E-state index in [4.69, 9.17) is 37.0 Å². The van der Waals surface area contributed by atoms with E-state index in [1.807, 2.05) is 0 Å². The smallest absolute Gasteiger partial charge is 0.462 e. The molecule has 0 rings (SSSR count). The van der Waals surface area contributed by atoms with Crippen molar-refractivity contribution in [2.45, 2.75) is 496 Å². The number of aliphatic hydroxyl groups excluding tert-OH is 1. The van der Waals surface area contributed by atoms with E-state index in [0.717, 1.165) is 95.8 Å². The maximum Gasteiger partial charge on any atom is 0.472 e. The standard InChI is InChI=1S/C88H172O17P2/c1-6-9-12-15-18-21-24-26-28-30-32-33-34-36-40-45-49-54-59-64-69-74-88(93)105-84(78-99-86(91)72-67-62-57-52-47-43-41-37-38-42-46-50-55-60-65-70-81(4)5)80-103-107(96,97)101-76-82(89)75-100-106(94,95)102-79-83(77-98-85(90)71-66-61-56-51-23-20-17-14-11-8-3)104-87(92)73-68-63-58-53-48-44-39-35-31-29-27-25-22-19-16-13-10-7-2/h81-84,89H,6-80H2,1-5H3,(H,94,95)(H,96,97)/t82-,83+,84+/m0/s1. The van der Waals surface area contributed by atoms with Gasteiger partial charge >= 0.3 is 39.5 Å². The highest BCUT2D eigenvalue weighted by Gasteiger charge is 2.30. The van der Waals surface area contributed by atoms with Crippen molar-refractivity contribution >= 4 is 39.5 Å². The maximum atomic E-state index is 13.2. The number of ether oxygens (including phenoxy) is 4. The first-order valence-electron chi connectivity index (χ1n) is 45.6. The normalized spacial score (nSPS) is 13.7. The summed E-state index contributed by atoms with van der Waals surface area (Å²) < 4.78 is 69.0. The Labute approximate surface area is 658 Å². The molecule has 0 aromatic rings. The summed E-state index contributed by atoms with van der Waals surface area (Å²) in [5, 5.41) is 10.7. The first-order valence-corrected chi connectivity index (χ1v) is 48.6. The summed E-state index contributed by atoms with van der Waals surface area (Å²) in [5.74, 6) is -1.29. The van der Waals surface area contributed by atoms with Crippen molar-refractivity contribution in [1.29, 1.82) is 0 Å². The molecule has 0 saturated carbocycles. The minimum Gasteiger partial charge on any atom is -0.462 e. The molecule has 0 saturated heterocycles. The highest BCUT2D eigenvalue weighted by atomic mass is 31.2. The van der Waals surface area contributed by atoms with Gasteiger partial charge in [-0.05, 0) is 31.6 Å². The van der Waals surface area contributed by atoms with Gasteiger partial charge in [-0.3, -0.25) is 37.3 Å². The molecule has 636 valence electrons. The molecule has 19 heteroatoms. The SMILES string of the molecule is CCCCCCCCCCCCCCCCCCCCCCCC(=O)O[C@H](COC(=O)CCCCCCCCCCCCCCCCCC(C)C)COP(=O)(O)OC[C@@H](O)COP(=O)(O)OC[C@@H](COC(=O)CCCCCCCCCCCC)OC(=O)CCCCCCCCCCCCCCCCCCCC. The number of hydrogen-bond donors (Lipinski definition) is 3. The Hall–Kier alpha value is -1.94. The molecule has 3 N–H and O–H groups in total. The van der Waals surface area contributed by atoms with Crippen LogP contribution >= 0.6 is 15.6 Å². The van der Waals surface area contributed by atoms with Gasteiger partial charge in [0.25, 0.3) is 0 Å². The van der Waals surface area contributed by atoms with Crippen LogP contribution in [-0.2, 0) is 65.4 Å². The van der Waals surface area contributed by atoms with Crippen LogP contribution in [0.25, 0.3) is 0 Å². The van der Waals surface area contributed by atoms with Gasteiger partial charge in [0.05, 0.1) is 26.4 Å². The number of unbranched alkanes of at least 4 members (excludes halogenated alkanes) is 60. The molecule has 0 aromatic heterocycles. The lowest BCUT2D eigenvalue weighted by Crippen LogP contribution is -2.30. The lowest BCUT2D eigenvalue weighted by Gasteiger charge is -2.21. The summed E-state index contributed by atoms with van der Waals surface area (Å²) in [6.45, 7) is 7.40. The molecule has 0 radical (unpaired) electrons. The molecule has 0 aliphatic heterocycles. The summed E-state index contributed by atoms with van der Waals surface area (Å²) in [5.41, 5.74) is 0. The van der Waals surface area contributed by atoms with Crippen molar-refractivity contribution in [1.82, 2.24) is 0 Å². The number of rotatable bonds is 88. The zero-order valence-corrected chi connectivity index (χ0v) is 72.1. The predicted octanol–water partition coefficient (Wildman–Crippen LogP) is 27.2. The largest absolute Gasteiger partial charge is 0.472 e.